The number of hydrogen-bond acceptors (Lipinski definition) is 8. The van der Waals surface area contributed by atoms with Crippen LogP contribution in [0, 0.1) is 17.2 Å². The van der Waals surface area contributed by atoms with Gasteiger partial charge in [0.1, 0.15) is 5.02 Å². The molecule has 0 radical (unpaired) electrons. The Morgan fingerprint density at radius 1 is 1.32 bits per heavy atom. The third kappa shape index (κ3) is 3.88. The first-order valence-corrected chi connectivity index (χ1v) is 9.46. The molecular formula is C17H16BCl2N5O3. The summed E-state index contributed by atoms with van der Waals surface area (Å²) in [5.41, 5.74) is 2.03. The van der Waals surface area contributed by atoms with Crippen molar-refractivity contribution >= 4 is 53.2 Å². The monoisotopic (exact) mass is 419 g/mol. The molecule has 0 saturated carbocycles. The fraction of sp³-hybridized carbons (Fsp3) is 0.353. The van der Waals surface area contributed by atoms with Crippen molar-refractivity contribution in [3.63, 3.8) is 0 Å². The van der Waals surface area contributed by atoms with Gasteiger partial charge in [0.15, 0.2) is 5.82 Å². The molecule has 2 atom stereocenters. The highest BCUT2D eigenvalue weighted by Crippen LogP contribution is 2.27. The maximum atomic E-state index is 9.80. The van der Waals surface area contributed by atoms with Gasteiger partial charge < -0.3 is 25.0 Å². The summed E-state index contributed by atoms with van der Waals surface area (Å²) in [4.78, 5) is 8.61. The number of aromatic nitrogens is 2. The highest BCUT2D eigenvalue weighted by atomic mass is 35.5. The van der Waals surface area contributed by atoms with Gasteiger partial charge in [-0.1, -0.05) is 23.2 Å². The molecule has 8 nitrogen and oxygen atoms in total. The maximum Gasteiger partial charge on any atom is 0.493 e. The number of nitrogens with one attached hydrogen (secondary N) is 2. The summed E-state index contributed by atoms with van der Waals surface area (Å²) in [6.45, 7) is 1.25. The summed E-state index contributed by atoms with van der Waals surface area (Å²) in [5.74, 6) is 0.548. The van der Waals surface area contributed by atoms with Crippen LogP contribution in [0.15, 0.2) is 18.3 Å². The minimum atomic E-state index is -1.01. The van der Waals surface area contributed by atoms with Crippen molar-refractivity contribution in [1.29, 1.82) is 5.26 Å². The summed E-state index contributed by atoms with van der Waals surface area (Å²) in [5, 5.41) is 26.1. The number of benzene rings is 1. The average molecular weight is 420 g/mol. The lowest BCUT2D eigenvalue weighted by atomic mass is 9.79. The van der Waals surface area contributed by atoms with E-state index in [0.29, 0.717) is 52.6 Å². The number of fused-ring (bicyclic) bond motifs is 1. The first-order chi connectivity index (χ1) is 13.5. The molecule has 2 aromatic rings. The van der Waals surface area contributed by atoms with E-state index in [-0.39, 0.29) is 18.6 Å². The van der Waals surface area contributed by atoms with Crippen molar-refractivity contribution < 1.29 is 14.4 Å². The molecule has 2 aliphatic heterocycles. The van der Waals surface area contributed by atoms with Crippen molar-refractivity contribution in [3.8, 4) is 6.07 Å². The van der Waals surface area contributed by atoms with E-state index in [1.54, 1.807) is 6.07 Å². The third-order valence-electron chi connectivity index (χ3n) is 4.70. The number of ether oxygens (including phenoxy) is 1. The summed E-state index contributed by atoms with van der Waals surface area (Å²) in [6, 6.07) is 5.58. The van der Waals surface area contributed by atoms with Crippen molar-refractivity contribution in [3.05, 3.63) is 33.9 Å². The van der Waals surface area contributed by atoms with E-state index >= 15 is 0 Å². The molecule has 0 bridgehead atoms. The van der Waals surface area contributed by atoms with Crippen LogP contribution in [-0.4, -0.2) is 41.4 Å². The van der Waals surface area contributed by atoms with Crippen molar-refractivity contribution in [1.82, 2.24) is 9.97 Å². The van der Waals surface area contributed by atoms with E-state index < -0.39 is 7.12 Å². The predicted octanol–water partition coefficient (Wildman–Crippen LogP) is 2.09. The Hall–Kier alpha value is -2.09. The Kier molecular flexibility index (Phi) is 5.57. The molecule has 1 saturated heterocycles. The molecule has 2 aliphatic rings. The summed E-state index contributed by atoms with van der Waals surface area (Å²) in [6.07, 6.45) is 2.13. The Balaban J connectivity index is 1.55. The van der Waals surface area contributed by atoms with Crippen molar-refractivity contribution in [2.45, 2.75) is 19.1 Å². The van der Waals surface area contributed by atoms with E-state index in [1.165, 1.54) is 6.20 Å². The Labute approximate surface area is 171 Å². The van der Waals surface area contributed by atoms with Crippen LogP contribution in [0.1, 0.15) is 12.0 Å². The zero-order valence-electron chi connectivity index (χ0n) is 14.7. The second-order valence-electron chi connectivity index (χ2n) is 6.56. The van der Waals surface area contributed by atoms with Gasteiger partial charge in [-0.2, -0.15) is 10.2 Å². The number of anilines is 3. The number of hydrogen-bond donors (Lipinski definition) is 3. The highest BCUT2D eigenvalue weighted by Gasteiger charge is 2.30. The van der Waals surface area contributed by atoms with Crippen LogP contribution in [0.2, 0.25) is 10.0 Å². The van der Waals surface area contributed by atoms with Crippen LogP contribution in [0.4, 0.5) is 17.5 Å². The average Bonchev–Trinajstić information content (AvgIpc) is 3.06. The minimum absolute atomic E-state index is 0.182. The minimum Gasteiger partial charge on any atom is -0.423 e. The first kappa shape index (κ1) is 19.2. The molecule has 0 aliphatic carbocycles. The van der Waals surface area contributed by atoms with Gasteiger partial charge in [0.25, 0.3) is 0 Å². The smallest absolute Gasteiger partial charge is 0.423 e. The highest BCUT2D eigenvalue weighted by molar-refractivity contribution is 6.65. The van der Waals surface area contributed by atoms with Gasteiger partial charge in [-0.15, -0.1) is 0 Å². The first-order valence-electron chi connectivity index (χ1n) is 8.70. The van der Waals surface area contributed by atoms with Gasteiger partial charge in [-0.05, 0) is 24.1 Å². The third-order valence-corrected chi connectivity index (χ3v) is 5.29. The standard InChI is InChI=1S/C17H16BCl2N5O3/c19-12-4-11(3-10-7-28-18(26)15(10)12)23-17-22-6-13(20)16(25-17)24-14-8-27-2-1-9(14)5-21/h3-4,6,9,14,26H,1-2,7-8H2,(H2,22,23,24,25)/t9-,14+/m0/s1. The fourth-order valence-corrected chi connectivity index (χ4v) is 3.74. The maximum absolute atomic E-state index is 9.80. The molecule has 28 heavy (non-hydrogen) atoms. The van der Waals surface area contributed by atoms with E-state index in [2.05, 4.69) is 26.7 Å². The molecule has 11 heteroatoms. The van der Waals surface area contributed by atoms with Crippen LogP contribution >= 0.6 is 23.2 Å². The zero-order chi connectivity index (χ0) is 19.7. The predicted molar refractivity (Wildman–Crippen MR) is 106 cm³/mol. The normalized spacial score (nSPS) is 21.1. The van der Waals surface area contributed by atoms with Gasteiger partial charge in [-0.3, -0.25) is 0 Å². The molecule has 0 unspecified atom stereocenters. The van der Waals surface area contributed by atoms with Crippen molar-refractivity contribution in [2.24, 2.45) is 5.92 Å². The van der Waals surface area contributed by atoms with E-state index in [0.717, 1.165) is 5.56 Å². The summed E-state index contributed by atoms with van der Waals surface area (Å²) < 4.78 is 10.6. The van der Waals surface area contributed by atoms with Crippen LogP contribution < -0.4 is 16.1 Å². The van der Waals surface area contributed by atoms with Crippen LogP contribution in [0.3, 0.4) is 0 Å². The number of nitrogens with zero attached hydrogens (tertiary/aromatic N) is 3. The molecule has 0 amide bonds. The molecule has 1 fully saturated rings. The van der Waals surface area contributed by atoms with Gasteiger partial charge in [0, 0.05) is 22.8 Å². The summed E-state index contributed by atoms with van der Waals surface area (Å²) in [7, 11) is -1.01. The molecule has 0 spiro atoms. The van der Waals surface area contributed by atoms with E-state index in [4.69, 9.17) is 32.6 Å². The van der Waals surface area contributed by atoms with E-state index in [9.17, 15) is 10.3 Å². The van der Waals surface area contributed by atoms with Crippen LogP contribution in [-0.2, 0) is 16.0 Å². The second kappa shape index (κ2) is 8.11. The quantitative estimate of drug-likeness (QED) is 0.645. The van der Waals surface area contributed by atoms with Crippen LogP contribution in [0.25, 0.3) is 0 Å². The lowest BCUT2D eigenvalue weighted by Crippen LogP contribution is -2.38. The Morgan fingerprint density at radius 2 is 2.18 bits per heavy atom. The molecule has 3 heterocycles. The van der Waals surface area contributed by atoms with Gasteiger partial charge >= 0.3 is 7.12 Å². The zero-order valence-corrected chi connectivity index (χ0v) is 16.2. The number of rotatable bonds is 4. The SMILES string of the molecule is N#C[C@@H]1CCOC[C@H]1Nc1nc(Nc2cc(Cl)c3c(c2)COB3O)ncc1Cl. The molecule has 144 valence electrons. The number of halogens is 2. The second-order valence-corrected chi connectivity index (χ2v) is 7.37. The van der Waals surface area contributed by atoms with Crippen LogP contribution in [0.5, 0.6) is 0 Å². The lowest BCUT2D eigenvalue weighted by molar-refractivity contribution is 0.0698. The fourth-order valence-electron chi connectivity index (χ4n) is 3.26. The molecule has 1 aromatic heterocycles. The van der Waals surface area contributed by atoms with Crippen molar-refractivity contribution in [2.75, 3.05) is 23.8 Å². The molecule has 4 rings (SSSR count). The summed E-state index contributed by atoms with van der Waals surface area (Å²) >= 11 is 12.5. The molecule has 3 N–H and O–H groups in total. The van der Waals surface area contributed by atoms with Gasteiger partial charge in [-0.25, -0.2) is 4.98 Å². The topological polar surface area (TPSA) is 112 Å². The van der Waals surface area contributed by atoms with Gasteiger partial charge in [0.05, 0.1) is 37.4 Å². The van der Waals surface area contributed by atoms with E-state index in [1.807, 2.05) is 6.07 Å². The number of nitriles is 1. The Morgan fingerprint density at radius 3 is 3.00 bits per heavy atom. The van der Waals surface area contributed by atoms with Gasteiger partial charge in [0.2, 0.25) is 5.95 Å². The lowest BCUT2D eigenvalue weighted by Gasteiger charge is -2.28. The Bertz CT molecular complexity index is 942. The molecular weight excluding hydrogens is 404 g/mol. The largest absolute Gasteiger partial charge is 0.493 e. The molecule has 1 aromatic carbocycles.